The number of carbonyl (C=O) groups is 1. The molecule has 0 spiro atoms. The van der Waals surface area contributed by atoms with E-state index in [1.807, 2.05) is 18.2 Å². The number of benzene rings is 2. The molecule has 0 saturated heterocycles. The van der Waals surface area contributed by atoms with Crippen LogP contribution in [0.2, 0.25) is 0 Å². The maximum absolute atomic E-state index is 12.8. The summed E-state index contributed by atoms with van der Waals surface area (Å²) in [6.45, 7) is 0.599. The highest BCUT2D eigenvalue weighted by Gasteiger charge is 2.29. The Bertz CT molecular complexity index is 1060. The zero-order valence-corrected chi connectivity index (χ0v) is 17.1. The second-order valence-corrected chi connectivity index (χ2v) is 7.73. The first-order valence-electron chi connectivity index (χ1n) is 10.0. The van der Waals surface area contributed by atoms with E-state index in [0.717, 1.165) is 29.8 Å². The number of aromatic nitrogens is 2. The van der Waals surface area contributed by atoms with Crippen molar-refractivity contribution in [2.75, 3.05) is 18.5 Å². The van der Waals surface area contributed by atoms with E-state index in [2.05, 4.69) is 28.1 Å². The average molecular weight is 428 g/mol. The lowest BCUT2D eigenvalue weighted by atomic mass is 9.99. The fourth-order valence-corrected chi connectivity index (χ4v) is 3.86. The van der Waals surface area contributed by atoms with Crippen molar-refractivity contribution >= 4 is 11.6 Å². The van der Waals surface area contributed by atoms with Crippen LogP contribution in [0.5, 0.6) is 0 Å². The smallest absolute Gasteiger partial charge is 0.367 e. The van der Waals surface area contributed by atoms with Crippen LogP contribution in [0, 0.1) is 0 Å². The van der Waals surface area contributed by atoms with Crippen LogP contribution in [0.25, 0.3) is 0 Å². The third-order valence-corrected chi connectivity index (χ3v) is 5.49. The molecule has 0 atom stereocenters. The Labute approximate surface area is 178 Å². The van der Waals surface area contributed by atoms with Crippen molar-refractivity contribution in [3.63, 3.8) is 0 Å². The van der Waals surface area contributed by atoms with Gasteiger partial charge in [0.15, 0.2) is 0 Å². The highest BCUT2D eigenvalue weighted by Crippen LogP contribution is 2.25. The number of halogens is 3. The maximum Gasteiger partial charge on any atom is 0.406 e. The monoisotopic (exact) mass is 428 g/mol. The third-order valence-electron chi connectivity index (χ3n) is 5.49. The maximum atomic E-state index is 12.8. The number of nitrogens with zero attached hydrogens (tertiary/aromatic N) is 4. The molecule has 0 radical (unpaired) electrons. The Morgan fingerprint density at radius 1 is 1.10 bits per heavy atom. The first kappa shape index (κ1) is 21.0. The SMILES string of the molecule is CN(Cc1nccn1CC(F)(F)F)C(=O)c1ccc(N2CCc3ccccc3C2)cc1. The summed E-state index contributed by atoms with van der Waals surface area (Å²) >= 11 is 0. The van der Waals surface area contributed by atoms with Gasteiger partial charge in [-0.05, 0) is 41.8 Å². The van der Waals surface area contributed by atoms with Crippen molar-refractivity contribution in [1.82, 2.24) is 14.5 Å². The summed E-state index contributed by atoms with van der Waals surface area (Å²) in [5.74, 6) is -0.0751. The Kier molecular flexibility index (Phi) is 5.71. The molecule has 4 rings (SSSR count). The van der Waals surface area contributed by atoms with Crippen molar-refractivity contribution in [2.45, 2.75) is 32.2 Å². The van der Waals surface area contributed by atoms with Gasteiger partial charge in [0.05, 0.1) is 6.54 Å². The number of hydrogen-bond acceptors (Lipinski definition) is 3. The second-order valence-electron chi connectivity index (χ2n) is 7.73. The zero-order valence-electron chi connectivity index (χ0n) is 17.1. The van der Waals surface area contributed by atoms with Crippen molar-refractivity contribution < 1.29 is 18.0 Å². The molecule has 2 heterocycles. The predicted molar refractivity (Wildman–Crippen MR) is 112 cm³/mol. The van der Waals surface area contributed by atoms with E-state index in [9.17, 15) is 18.0 Å². The second kappa shape index (κ2) is 8.45. The fraction of sp³-hybridized carbons (Fsp3) is 0.304. The minimum Gasteiger partial charge on any atom is -0.367 e. The minimum absolute atomic E-state index is 0.00737. The molecule has 0 aliphatic carbocycles. The van der Waals surface area contributed by atoms with E-state index in [1.54, 1.807) is 19.2 Å². The molecule has 1 amide bonds. The van der Waals surface area contributed by atoms with Gasteiger partial charge < -0.3 is 14.4 Å². The molecule has 0 bridgehead atoms. The molecule has 162 valence electrons. The standard InChI is InChI=1S/C23H23F3N4O/c1-28(15-21-27-11-13-30(21)16-23(24,25)26)22(31)18-6-8-20(9-7-18)29-12-10-17-4-2-3-5-19(17)14-29/h2-9,11,13H,10,12,14-16H2,1H3. The van der Waals surface area contributed by atoms with Crippen LogP contribution in [0.4, 0.5) is 18.9 Å². The zero-order chi connectivity index (χ0) is 22.0. The first-order valence-corrected chi connectivity index (χ1v) is 10.0. The molecule has 1 aromatic heterocycles. The van der Waals surface area contributed by atoms with E-state index in [1.165, 1.54) is 28.4 Å². The molecular weight excluding hydrogens is 405 g/mol. The van der Waals surface area contributed by atoms with Crippen LogP contribution in [0.3, 0.4) is 0 Å². The number of rotatable bonds is 5. The van der Waals surface area contributed by atoms with Gasteiger partial charge >= 0.3 is 6.18 Å². The molecule has 31 heavy (non-hydrogen) atoms. The van der Waals surface area contributed by atoms with Crippen molar-refractivity contribution in [2.24, 2.45) is 0 Å². The van der Waals surface area contributed by atoms with Crippen LogP contribution >= 0.6 is 0 Å². The third kappa shape index (κ3) is 4.90. The molecule has 1 aliphatic rings. The van der Waals surface area contributed by atoms with E-state index < -0.39 is 12.7 Å². The highest BCUT2D eigenvalue weighted by molar-refractivity contribution is 5.94. The number of hydrogen-bond donors (Lipinski definition) is 0. The summed E-state index contributed by atoms with van der Waals surface area (Å²) in [6, 6.07) is 15.7. The molecule has 0 unspecified atom stereocenters. The van der Waals surface area contributed by atoms with E-state index in [0.29, 0.717) is 5.56 Å². The Morgan fingerprint density at radius 3 is 2.52 bits per heavy atom. The highest BCUT2D eigenvalue weighted by atomic mass is 19.4. The predicted octanol–water partition coefficient (Wildman–Crippen LogP) is 4.28. The van der Waals surface area contributed by atoms with Gasteiger partial charge in [-0.2, -0.15) is 13.2 Å². The summed E-state index contributed by atoms with van der Waals surface area (Å²) in [4.78, 5) is 20.4. The lowest BCUT2D eigenvalue weighted by Gasteiger charge is -2.31. The lowest BCUT2D eigenvalue weighted by Crippen LogP contribution is -2.30. The summed E-state index contributed by atoms with van der Waals surface area (Å²) in [6.07, 6.45) is -0.787. The first-order chi connectivity index (χ1) is 14.8. The van der Waals surface area contributed by atoms with Crippen LogP contribution in [-0.4, -0.2) is 40.1 Å². The average Bonchev–Trinajstić information content (AvgIpc) is 3.17. The number of amides is 1. The topological polar surface area (TPSA) is 41.4 Å². The molecular formula is C23H23F3N4O. The Hall–Kier alpha value is -3.29. The fourth-order valence-electron chi connectivity index (χ4n) is 3.86. The molecule has 3 aromatic rings. The van der Waals surface area contributed by atoms with Gasteiger partial charge in [-0.1, -0.05) is 24.3 Å². The molecule has 0 N–H and O–H groups in total. The van der Waals surface area contributed by atoms with Crippen LogP contribution in [0.1, 0.15) is 27.3 Å². The largest absolute Gasteiger partial charge is 0.406 e. The van der Waals surface area contributed by atoms with Gasteiger partial charge in [0.2, 0.25) is 0 Å². The molecule has 2 aromatic carbocycles. The number of carbonyl (C=O) groups excluding carboxylic acids is 1. The normalized spacial score (nSPS) is 13.7. The number of anilines is 1. The van der Waals surface area contributed by atoms with E-state index >= 15 is 0 Å². The lowest BCUT2D eigenvalue weighted by molar-refractivity contribution is -0.141. The molecule has 8 heteroatoms. The van der Waals surface area contributed by atoms with Crippen LogP contribution < -0.4 is 4.90 Å². The van der Waals surface area contributed by atoms with Gasteiger partial charge in [-0.3, -0.25) is 4.79 Å². The molecule has 5 nitrogen and oxygen atoms in total. The van der Waals surface area contributed by atoms with Crippen molar-refractivity contribution in [3.05, 3.63) is 83.4 Å². The van der Waals surface area contributed by atoms with Crippen molar-refractivity contribution in [1.29, 1.82) is 0 Å². The number of imidazole rings is 1. The van der Waals surface area contributed by atoms with Gasteiger partial charge in [0.1, 0.15) is 12.4 Å². The quantitative estimate of drug-likeness (QED) is 0.609. The molecule has 0 saturated carbocycles. The summed E-state index contributed by atoms with van der Waals surface area (Å²) in [5.41, 5.74) is 4.20. The van der Waals surface area contributed by atoms with Crippen LogP contribution in [-0.2, 0) is 26.1 Å². The minimum atomic E-state index is -4.34. The Morgan fingerprint density at radius 2 is 1.81 bits per heavy atom. The Balaban J connectivity index is 1.41. The van der Waals surface area contributed by atoms with Gasteiger partial charge in [-0.15, -0.1) is 0 Å². The molecule has 0 fully saturated rings. The van der Waals surface area contributed by atoms with Gasteiger partial charge in [0, 0.05) is 43.8 Å². The molecule has 1 aliphatic heterocycles. The van der Waals surface area contributed by atoms with Crippen LogP contribution in [0.15, 0.2) is 60.9 Å². The van der Waals surface area contributed by atoms with E-state index in [-0.39, 0.29) is 18.3 Å². The summed E-state index contributed by atoms with van der Waals surface area (Å²) < 4.78 is 39.1. The van der Waals surface area contributed by atoms with Gasteiger partial charge in [0.25, 0.3) is 5.91 Å². The van der Waals surface area contributed by atoms with Crippen molar-refractivity contribution in [3.8, 4) is 0 Å². The number of alkyl halides is 3. The number of fused-ring (bicyclic) bond motifs is 1. The summed E-state index contributed by atoms with van der Waals surface area (Å²) in [7, 11) is 1.56. The van der Waals surface area contributed by atoms with Gasteiger partial charge in [-0.25, -0.2) is 4.98 Å². The van der Waals surface area contributed by atoms with E-state index in [4.69, 9.17) is 0 Å². The summed E-state index contributed by atoms with van der Waals surface area (Å²) in [5, 5.41) is 0.